The molecular formula is C24H41NO5. The van der Waals surface area contributed by atoms with E-state index in [1.54, 1.807) is 0 Å². The van der Waals surface area contributed by atoms with E-state index in [0.29, 0.717) is 50.7 Å². The number of fused-ring (bicyclic) bond motifs is 1. The maximum Gasteiger partial charge on any atom is 0.248 e. The average molecular weight is 424 g/mol. The highest BCUT2D eigenvalue weighted by atomic mass is 16.5. The standard InChI is InChI=1S/C24H41NO5/c1-2-3-4-5-20(26)6-7-21-22-15-18(14-19(22)16-23(21)27)8-11-30-17-24(28)25-9-12-29-13-10-25/h6-7,18-23,26-27H,2-5,8-17H2,1H3/t18?,19-,20?,21-,22+,23-/m0/s1. The number of carbonyl (C=O) groups excluding carboxylic acids is 1. The second-order valence-electron chi connectivity index (χ2n) is 9.42. The van der Waals surface area contributed by atoms with E-state index in [-0.39, 0.29) is 24.5 Å². The Morgan fingerprint density at radius 1 is 1.23 bits per heavy atom. The molecule has 0 spiro atoms. The van der Waals surface area contributed by atoms with Crippen molar-refractivity contribution >= 4 is 5.91 Å². The van der Waals surface area contributed by atoms with Gasteiger partial charge in [0.05, 0.1) is 25.4 Å². The van der Waals surface area contributed by atoms with Gasteiger partial charge in [-0.15, -0.1) is 0 Å². The highest BCUT2D eigenvalue weighted by Crippen LogP contribution is 2.51. The second-order valence-corrected chi connectivity index (χ2v) is 9.42. The van der Waals surface area contributed by atoms with Gasteiger partial charge in [0.15, 0.2) is 0 Å². The third-order valence-corrected chi connectivity index (χ3v) is 7.25. The molecule has 3 aliphatic rings. The lowest BCUT2D eigenvalue weighted by Gasteiger charge is -2.26. The first-order chi connectivity index (χ1) is 14.6. The molecule has 30 heavy (non-hydrogen) atoms. The zero-order chi connectivity index (χ0) is 21.3. The maximum absolute atomic E-state index is 12.1. The van der Waals surface area contributed by atoms with Crippen molar-refractivity contribution in [1.82, 2.24) is 4.90 Å². The van der Waals surface area contributed by atoms with Gasteiger partial charge in [-0.05, 0) is 49.9 Å². The van der Waals surface area contributed by atoms with E-state index in [1.165, 1.54) is 0 Å². The molecule has 6 atom stereocenters. The normalized spacial score (nSPS) is 32.6. The second kappa shape index (κ2) is 12.2. The molecule has 0 bridgehead atoms. The van der Waals surface area contributed by atoms with Crippen molar-refractivity contribution in [3.05, 3.63) is 12.2 Å². The van der Waals surface area contributed by atoms with Crippen molar-refractivity contribution < 1.29 is 24.5 Å². The topological polar surface area (TPSA) is 79.2 Å². The van der Waals surface area contributed by atoms with Crippen molar-refractivity contribution in [2.24, 2.45) is 23.7 Å². The molecule has 6 heteroatoms. The van der Waals surface area contributed by atoms with Crippen molar-refractivity contribution in [3.8, 4) is 0 Å². The smallest absolute Gasteiger partial charge is 0.248 e. The SMILES string of the molecule is CCCCCC(O)C=C[C@H]1[C@@H]2CC(CCOCC(=O)N3CCOCC3)C[C@H]2C[C@@H]1O. The lowest BCUT2D eigenvalue weighted by Crippen LogP contribution is -2.42. The van der Waals surface area contributed by atoms with Gasteiger partial charge in [0.2, 0.25) is 5.91 Å². The van der Waals surface area contributed by atoms with Crippen molar-refractivity contribution in [1.29, 1.82) is 0 Å². The Balaban J connectivity index is 1.35. The molecule has 1 saturated heterocycles. The van der Waals surface area contributed by atoms with Gasteiger partial charge in [0, 0.05) is 25.6 Å². The van der Waals surface area contributed by atoms with E-state index in [9.17, 15) is 15.0 Å². The minimum absolute atomic E-state index is 0.0624. The maximum atomic E-state index is 12.1. The van der Waals surface area contributed by atoms with Gasteiger partial charge < -0.3 is 24.6 Å². The molecule has 3 rings (SSSR count). The van der Waals surface area contributed by atoms with Gasteiger partial charge in [-0.2, -0.15) is 0 Å². The molecule has 2 N–H and O–H groups in total. The van der Waals surface area contributed by atoms with E-state index in [0.717, 1.165) is 51.4 Å². The molecule has 1 aliphatic heterocycles. The van der Waals surface area contributed by atoms with Crippen LogP contribution in [-0.2, 0) is 14.3 Å². The van der Waals surface area contributed by atoms with Gasteiger partial charge in [-0.3, -0.25) is 4.79 Å². The number of amides is 1. The zero-order valence-electron chi connectivity index (χ0n) is 18.6. The Hall–Kier alpha value is -0.950. The van der Waals surface area contributed by atoms with Crippen LogP contribution in [0.25, 0.3) is 0 Å². The number of ether oxygens (including phenoxy) is 2. The largest absolute Gasteiger partial charge is 0.392 e. The number of rotatable bonds is 11. The third-order valence-electron chi connectivity index (χ3n) is 7.25. The van der Waals surface area contributed by atoms with Gasteiger partial charge in [-0.25, -0.2) is 0 Å². The summed E-state index contributed by atoms with van der Waals surface area (Å²) in [6.45, 7) is 5.53. The van der Waals surface area contributed by atoms with Crippen LogP contribution in [0.3, 0.4) is 0 Å². The number of nitrogens with zero attached hydrogens (tertiary/aromatic N) is 1. The predicted octanol–water partition coefficient (Wildman–Crippen LogP) is 2.77. The number of aliphatic hydroxyl groups excluding tert-OH is 2. The van der Waals surface area contributed by atoms with E-state index >= 15 is 0 Å². The summed E-state index contributed by atoms with van der Waals surface area (Å²) >= 11 is 0. The fourth-order valence-electron chi connectivity index (χ4n) is 5.55. The van der Waals surface area contributed by atoms with Crippen LogP contribution in [-0.4, -0.2) is 72.7 Å². The Morgan fingerprint density at radius 3 is 2.80 bits per heavy atom. The molecule has 6 nitrogen and oxygen atoms in total. The van der Waals surface area contributed by atoms with Gasteiger partial charge in [0.25, 0.3) is 0 Å². The monoisotopic (exact) mass is 423 g/mol. The van der Waals surface area contributed by atoms with E-state index in [1.807, 2.05) is 11.0 Å². The first-order valence-corrected chi connectivity index (χ1v) is 12.1. The summed E-state index contributed by atoms with van der Waals surface area (Å²) in [6.07, 6.45) is 11.6. The number of hydrogen-bond acceptors (Lipinski definition) is 5. The summed E-state index contributed by atoms with van der Waals surface area (Å²) < 4.78 is 11.0. The first-order valence-electron chi connectivity index (χ1n) is 12.1. The molecular weight excluding hydrogens is 382 g/mol. The summed E-state index contributed by atoms with van der Waals surface area (Å²) in [6, 6.07) is 0. The molecule has 0 aromatic rings. The quantitative estimate of drug-likeness (QED) is 0.395. The van der Waals surface area contributed by atoms with Crippen molar-refractivity contribution in [3.63, 3.8) is 0 Å². The Bertz CT molecular complexity index is 548. The predicted molar refractivity (Wildman–Crippen MR) is 116 cm³/mol. The number of carbonyl (C=O) groups is 1. The average Bonchev–Trinajstić information content (AvgIpc) is 3.26. The lowest BCUT2D eigenvalue weighted by molar-refractivity contribution is -0.140. The fraction of sp³-hybridized carbons (Fsp3) is 0.875. The first kappa shape index (κ1) is 23.7. The molecule has 2 unspecified atom stereocenters. The third kappa shape index (κ3) is 6.78. The number of hydrogen-bond donors (Lipinski definition) is 2. The summed E-state index contributed by atoms with van der Waals surface area (Å²) in [5.74, 6) is 1.93. The fourth-order valence-corrected chi connectivity index (χ4v) is 5.55. The highest BCUT2D eigenvalue weighted by Gasteiger charge is 2.46. The van der Waals surface area contributed by atoms with Crippen LogP contribution in [0, 0.1) is 23.7 Å². The van der Waals surface area contributed by atoms with Crippen LogP contribution in [0.4, 0.5) is 0 Å². The van der Waals surface area contributed by atoms with E-state index < -0.39 is 6.10 Å². The summed E-state index contributed by atoms with van der Waals surface area (Å²) in [5.41, 5.74) is 0. The molecule has 0 radical (unpaired) electrons. The van der Waals surface area contributed by atoms with Gasteiger partial charge in [0.1, 0.15) is 6.61 Å². The lowest BCUT2D eigenvalue weighted by atomic mass is 9.89. The van der Waals surface area contributed by atoms with Gasteiger partial charge in [-0.1, -0.05) is 38.3 Å². The minimum Gasteiger partial charge on any atom is -0.392 e. The number of morpholine rings is 1. The number of aliphatic hydroxyl groups is 2. The molecule has 3 fully saturated rings. The number of unbranched alkanes of at least 4 members (excludes halogenated alkanes) is 2. The van der Waals surface area contributed by atoms with E-state index in [4.69, 9.17) is 9.47 Å². The summed E-state index contributed by atoms with van der Waals surface area (Å²) in [5, 5.41) is 20.7. The Labute approximate surface area is 181 Å². The van der Waals surface area contributed by atoms with Gasteiger partial charge >= 0.3 is 0 Å². The Morgan fingerprint density at radius 2 is 2.03 bits per heavy atom. The Kier molecular flexibility index (Phi) is 9.63. The van der Waals surface area contributed by atoms with Crippen LogP contribution in [0.2, 0.25) is 0 Å². The van der Waals surface area contributed by atoms with Crippen LogP contribution in [0.1, 0.15) is 58.3 Å². The molecule has 172 valence electrons. The summed E-state index contributed by atoms with van der Waals surface area (Å²) in [7, 11) is 0. The molecule has 0 aromatic carbocycles. The highest BCUT2D eigenvalue weighted by molar-refractivity contribution is 5.77. The zero-order valence-corrected chi connectivity index (χ0v) is 18.6. The van der Waals surface area contributed by atoms with E-state index in [2.05, 4.69) is 13.0 Å². The van der Waals surface area contributed by atoms with Crippen LogP contribution in [0.15, 0.2) is 12.2 Å². The summed E-state index contributed by atoms with van der Waals surface area (Å²) in [4.78, 5) is 14.0. The van der Waals surface area contributed by atoms with Crippen LogP contribution >= 0.6 is 0 Å². The van der Waals surface area contributed by atoms with Crippen molar-refractivity contribution in [2.45, 2.75) is 70.5 Å². The molecule has 2 aliphatic carbocycles. The van der Waals surface area contributed by atoms with Crippen LogP contribution < -0.4 is 0 Å². The molecule has 1 heterocycles. The molecule has 1 amide bonds. The van der Waals surface area contributed by atoms with Crippen molar-refractivity contribution in [2.75, 3.05) is 39.5 Å². The molecule has 2 saturated carbocycles. The molecule has 0 aromatic heterocycles. The van der Waals surface area contributed by atoms with Crippen LogP contribution in [0.5, 0.6) is 0 Å². The minimum atomic E-state index is -0.391.